The van der Waals surface area contributed by atoms with Crippen LogP contribution in [0.3, 0.4) is 0 Å². The quantitative estimate of drug-likeness (QED) is 0.487. The Balaban J connectivity index is 2.56. The van der Waals surface area contributed by atoms with Gasteiger partial charge in [-0.05, 0) is 29.6 Å². The maximum Gasteiger partial charge on any atom is 0.227 e. The van der Waals surface area contributed by atoms with Crippen LogP contribution in [-0.4, -0.2) is 26.0 Å². The van der Waals surface area contributed by atoms with Crippen molar-refractivity contribution in [1.29, 1.82) is 0 Å². The van der Waals surface area contributed by atoms with Crippen LogP contribution in [0.5, 0.6) is 0 Å². The van der Waals surface area contributed by atoms with Gasteiger partial charge in [0, 0.05) is 11.1 Å². The van der Waals surface area contributed by atoms with Crippen LogP contribution < -0.4 is 0 Å². The Morgan fingerprint density at radius 2 is 1.77 bits per heavy atom. The van der Waals surface area contributed by atoms with E-state index in [-0.39, 0.29) is 10.6 Å². The van der Waals surface area contributed by atoms with Crippen molar-refractivity contribution >= 4 is 50.9 Å². The topological polar surface area (TPSA) is 38.7 Å². The van der Waals surface area contributed by atoms with Gasteiger partial charge in [0.05, 0.1) is 0 Å². The molecule has 1 aromatic rings. The first-order valence-electron chi connectivity index (χ1n) is 3.48. The van der Waals surface area contributed by atoms with E-state index in [1.807, 2.05) is 0 Å². The summed E-state index contributed by atoms with van der Waals surface area (Å²) in [6, 6.07) is 0. The van der Waals surface area contributed by atoms with Crippen molar-refractivity contribution < 1.29 is 0 Å². The number of aromatic nitrogens is 3. The zero-order valence-corrected chi connectivity index (χ0v) is 10.4. The minimum absolute atomic E-state index is 0.140. The number of nitrogens with zero attached hydrogens (tertiary/aromatic N) is 3. The molecule has 0 spiro atoms. The third-order valence-corrected chi connectivity index (χ3v) is 2.90. The Morgan fingerprint density at radius 1 is 1.15 bits per heavy atom. The Hall–Kier alpha value is 0.420. The lowest BCUT2D eigenvalue weighted by molar-refractivity contribution is 0.902. The third-order valence-electron chi connectivity index (χ3n) is 1.07. The lowest BCUT2D eigenvalue weighted by Gasteiger charge is -1.98. The molecule has 0 unspecified atom stereocenters. The van der Waals surface area contributed by atoms with E-state index < -0.39 is 0 Å². The second-order valence-electron chi connectivity index (χ2n) is 2.05. The molecule has 0 aliphatic heterocycles. The second-order valence-corrected chi connectivity index (χ2v) is 4.58. The molecular formula is C6H6BrCl2N3S. The van der Waals surface area contributed by atoms with Crippen LogP contribution in [-0.2, 0) is 0 Å². The Kier molecular flexibility index (Phi) is 5.31. The van der Waals surface area contributed by atoms with Crippen molar-refractivity contribution in [3.05, 3.63) is 10.6 Å². The fraction of sp³-hybridized carbons (Fsp3) is 0.500. The second kappa shape index (κ2) is 6.01. The molecule has 0 aliphatic rings. The van der Waals surface area contributed by atoms with E-state index in [1.54, 1.807) is 0 Å². The smallest absolute Gasteiger partial charge is 0.192 e. The van der Waals surface area contributed by atoms with E-state index in [9.17, 15) is 0 Å². The minimum Gasteiger partial charge on any atom is -0.192 e. The Labute approximate surface area is 98.8 Å². The molecule has 7 heteroatoms. The summed E-state index contributed by atoms with van der Waals surface area (Å²) in [4.78, 5) is 11.5. The van der Waals surface area contributed by atoms with Gasteiger partial charge in [0.1, 0.15) is 0 Å². The van der Waals surface area contributed by atoms with Crippen molar-refractivity contribution in [2.75, 3.05) is 11.1 Å². The molecule has 0 fully saturated rings. The minimum atomic E-state index is 0.140. The highest BCUT2D eigenvalue weighted by molar-refractivity contribution is 9.09. The van der Waals surface area contributed by atoms with Gasteiger partial charge in [0.15, 0.2) is 5.16 Å². The molecule has 72 valence electrons. The summed E-state index contributed by atoms with van der Waals surface area (Å²) in [6.07, 6.45) is 1.05. The molecular weight excluding hydrogens is 297 g/mol. The largest absolute Gasteiger partial charge is 0.227 e. The van der Waals surface area contributed by atoms with Gasteiger partial charge in [0.25, 0.3) is 0 Å². The van der Waals surface area contributed by atoms with Crippen LogP contribution >= 0.6 is 50.9 Å². The number of thioether (sulfide) groups is 1. The van der Waals surface area contributed by atoms with Gasteiger partial charge in [-0.1, -0.05) is 27.7 Å². The molecule has 0 N–H and O–H groups in total. The summed E-state index contributed by atoms with van der Waals surface area (Å²) in [5.41, 5.74) is 0. The molecule has 1 rings (SSSR count). The first-order valence-corrected chi connectivity index (χ1v) is 6.34. The predicted octanol–water partition coefficient (Wildman–Crippen LogP) is 3.06. The number of halogens is 3. The summed E-state index contributed by atoms with van der Waals surface area (Å²) in [7, 11) is 0. The molecule has 0 amide bonds. The van der Waals surface area contributed by atoms with Gasteiger partial charge in [0.2, 0.25) is 10.6 Å². The van der Waals surface area contributed by atoms with Gasteiger partial charge in [-0.3, -0.25) is 0 Å². The van der Waals surface area contributed by atoms with Crippen molar-refractivity contribution in [2.45, 2.75) is 11.6 Å². The molecule has 0 bridgehead atoms. The van der Waals surface area contributed by atoms with Crippen LogP contribution in [0.25, 0.3) is 0 Å². The monoisotopic (exact) mass is 301 g/mol. The zero-order chi connectivity index (χ0) is 9.68. The SMILES string of the molecule is Clc1nc(Cl)nc(SCCCBr)n1. The molecule has 3 nitrogen and oxygen atoms in total. The van der Waals surface area contributed by atoms with E-state index in [4.69, 9.17) is 23.2 Å². The maximum atomic E-state index is 5.59. The van der Waals surface area contributed by atoms with E-state index in [1.165, 1.54) is 11.8 Å². The van der Waals surface area contributed by atoms with Gasteiger partial charge in [-0.25, -0.2) is 0 Å². The van der Waals surface area contributed by atoms with Crippen molar-refractivity contribution in [3.63, 3.8) is 0 Å². The fourth-order valence-corrected chi connectivity index (χ4v) is 2.48. The lowest BCUT2D eigenvalue weighted by atomic mass is 10.6. The van der Waals surface area contributed by atoms with Gasteiger partial charge in [-0.2, -0.15) is 15.0 Å². The average molecular weight is 303 g/mol. The van der Waals surface area contributed by atoms with Gasteiger partial charge in [-0.15, -0.1) is 0 Å². The molecule has 13 heavy (non-hydrogen) atoms. The summed E-state index contributed by atoms with van der Waals surface area (Å²) < 4.78 is 0. The fourth-order valence-electron chi connectivity index (χ4n) is 0.592. The molecule has 0 atom stereocenters. The number of hydrogen-bond donors (Lipinski definition) is 0. The van der Waals surface area contributed by atoms with Crippen LogP contribution in [0.4, 0.5) is 0 Å². The number of alkyl halides is 1. The normalized spacial score (nSPS) is 10.4. The molecule has 0 saturated carbocycles. The van der Waals surface area contributed by atoms with Crippen LogP contribution in [0.15, 0.2) is 5.16 Å². The maximum absolute atomic E-state index is 5.59. The average Bonchev–Trinajstić information content (AvgIpc) is 2.03. The van der Waals surface area contributed by atoms with E-state index in [0.717, 1.165) is 17.5 Å². The first kappa shape index (κ1) is 11.5. The lowest BCUT2D eigenvalue weighted by Crippen LogP contribution is -1.93. The Morgan fingerprint density at radius 3 is 2.31 bits per heavy atom. The molecule has 0 radical (unpaired) electrons. The third kappa shape index (κ3) is 4.44. The summed E-state index contributed by atoms with van der Waals surface area (Å²) >= 11 is 16.0. The Bertz CT molecular complexity index is 266. The molecule has 0 saturated heterocycles. The number of hydrogen-bond acceptors (Lipinski definition) is 4. The van der Waals surface area contributed by atoms with Crippen molar-refractivity contribution in [2.24, 2.45) is 0 Å². The summed E-state index contributed by atoms with van der Waals surface area (Å²) in [5, 5.41) is 1.82. The summed E-state index contributed by atoms with van der Waals surface area (Å²) in [5.74, 6) is 0.932. The van der Waals surface area contributed by atoms with Crippen LogP contribution in [0.2, 0.25) is 10.6 Å². The molecule has 1 aromatic heterocycles. The number of rotatable bonds is 4. The molecule has 1 heterocycles. The van der Waals surface area contributed by atoms with Crippen molar-refractivity contribution in [1.82, 2.24) is 15.0 Å². The van der Waals surface area contributed by atoms with E-state index in [0.29, 0.717) is 5.16 Å². The van der Waals surface area contributed by atoms with Gasteiger partial charge < -0.3 is 0 Å². The first-order chi connectivity index (χ1) is 6.22. The highest BCUT2D eigenvalue weighted by atomic mass is 79.9. The van der Waals surface area contributed by atoms with Gasteiger partial charge >= 0.3 is 0 Å². The van der Waals surface area contributed by atoms with E-state index in [2.05, 4.69) is 30.9 Å². The van der Waals surface area contributed by atoms with E-state index >= 15 is 0 Å². The molecule has 0 aliphatic carbocycles. The highest BCUT2D eigenvalue weighted by Gasteiger charge is 2.02. The predicted molar refractivity (Wildman–Crippen MR) is 59.0 cm³/mol. The zero-order valence-electron chi connectivity index (χ0n) is 6.51. The van der Waals surface area contributed by atoms with Crippen LogP contribution in [0, 0.1) is 0 Å². The summed E-state index contributed by atoms with van der Waals surface area (Å²) in [6.45, 7) is 0. The molecule has 0 aromatic carbocycles. The van der Waals surface area contributed by atoms with Crippen molar-refractivity contribution in [3.8, 4) is 0 Å². The van der Waals surface area contributed by atoms with Crippen LogP contribution in [0.1, 0.15) is 6.42 Å². The standard InChI is InChI=1S/C6H6BrCl2N3S/c7-2-1-3-13-6-11-4(8)10-5(9)12-6/h1-3H2. The highest BCUT2D eigenvalue weighted by Crippen LogP contribution is 2.17.